The van der Waals surface area contributed by atoms with Gasteiger partial charge < -0.3 is 10.4 Å². The minimum atomic E-state index is -0.486. The van der Waals surface area contributed by atoms with E-state index in [-0.39, 0.29) is 0 Å². The minimum Gasteiger partial charge on any atom is -0.389 e. The summed E-state index contributed by atoms with van der Waals surface area (Å²) < 4.78 is 0. The highest BCUT2D eigenvalue weighted by Crippen LogP contribution is 2.35. The Kier molecular flexibility index (Phi) is 3.36. The normalized spacial score (nSPS) is 29.0. The maximum absolute atomic E-state index is 10.4. The Balaban J connectivity index is 1.75. The van der Waals surface area contributed by atoms with Gasteiger partial charge in [-0.15, -0.1) is 0 Å². The van der Waals surface area contributed by atoms with Crippen molar-refractivity contribution < 1.29 is 5.11 Å². The summed E-state index contributed by atoms with van der Waals surface area (Å²) in [5.41, 5.74) is -0.486. The second-order valence-corrected chi connectivity index (χ2v) is 5.85. The third kappa shape index (κ3) is 2.94. The summed E-state index contributed by atoms with van der Waals surface area (Å²) in [5, 5.41) is 13.9. The Labute approximate surface area is 93.5 Å². The number of aliphatic hydroxyl groups is 1. The second kappa shape index (κ2) is 4.42. The zero-order valence-electron chi connectivity index (χ0n) is 10.1. The van der Waals surface area contributed by atoms with Crippen LogP contribution >= 0.6 is 0 Å². The van der Waals surface area contributed by atoms with Crippen molar-refractivity contribution in [3.05, 3.63) is 0 Å². The highest BCUT2D eigenvalue weighted by molar-refractivity contribution is 4.90. The molecule has 0 aliphatic heterocycles. The maximum Gasteiger partial charge on any atom is 0.0771 e. The van der Waals surface area contributed by atoms with E-state index in [0.717, 1.165) is 12.5 Å². The first-order valence-corrected chi connectivity index (χ1v) is 6.55. The van der Waals surface area contributed by atoms with E-state index in [4.69, 9.17) is 0 Å². The summed E-state index contributed by atoms with van der Waals surface area (Å²) in [5.74, 6) is 1.40. The highest BCUT2D eigenvalue weighted by atomic mass is 16.3. The van der Waals surface area contributed by atoms with Gasteiger partial charge >= 0.3 is 0 Å². The molecule has 2 nitrogen and oxygen atoms in total. The lowest BCUT2D eigenvalue weighted by Crippen LogP contribution is -2.46. The smallest absolute Gasteiger partial charge is 0.0771 e. The zero-order valence-corrected chi connectivity index (χ0v) is 10.1. The van der Waals surface area contributed by atoms with Gasteiger partial charge in [-0.3, -0.25) is 0 Å². The molecule has 0 aromatic rings. The largest absolute Gasteiger partial charge is 0.389 e. The van der Waals surface area contributed by atoms with E-state index >= 15 is 0 Å². The lowest BCUT2D eigenvalue weighted by molar-refractivity contribution is 0.0000568. The molecule has 0 bridgehead atoms. The van der Waals surface area contributed by atoms with Gasteiger partial charge in [0.15, 0.2) is 0 Å². The van der Waals surface area contributed by atoms with Gasteiger partial charge in [-0.05, 0) is 51.4 Å². The first-order chi connectivity index (χ1) is 7.09. The fraction of sp³-hybridized carbons (Fsp3) is 1.00. The van der Waals surface area contributed by atoms with Crippen molar-refractivity contribution in [2.75, 3.05) is 6.54 Å². The molecule has 0 amide bonds. The number of rotatable bonds is 5. The van der Waals surface area contributed by atoms with E-state index < -0.39 is 5.60 Å². The molecule has 2 atom stereocenters. The fourth-order valence-corrected chi connectivity index (χ4v) is 2.82. The SMILES string of the molecule is CC(NCC(C)(O)C1CCCC1)C1CC1. The summed E-state index contributed by atoms with van der Waals surface area (Å²) in [6.45, 7) is 5.04. The quantitative estimate of drug-likeness (QED) is 0.731. The van der Waals surface area contributed by atoms with Gasteiger partial charge in [0.1, 0.15) is 0 Å². The first-order valence-electron chi connectivity index (χ1n) is 6.55. The minimum absolute atomic E-state index is 0.486. The predicted octanol–water partition coefficient (Wildman–Crippen LogP) is 2.32. The van der Waals surface area contributed by atoms with Crippen molar-refractivity contribution in [3.8, 4) is 0 Å². The van der Waals surface area contributed by atoms with Gasteiger partial charge in [-0.25, -0.2) is 0 Å². The van der Waals surface area contributed by atoms with Crippen molar-refractivity contribution in [1.29, 1.82) is 0 Å². The van der Waals surface area contributed by atoms with Gasteiger partial charge in [-0.1, -0.05) is 12.8 Å². The van der Waals surface area contributed by atoms with E-state index in [1.54, 1.807) is 0 Å². The molecule has 15 heavy (non-hydrogen) atoms. The molecule has 0 spiro atoms. The van der Waals surface area contributed by atoms with Gasteiger partial charge in [-0.2, -0.15) is 0 Å². The zero-order chi connectivity index (χ0) is 10.9. The summed E-state index contributed by atoms with van der Waals surface area (Å²) in [4.78, 5) is 0. The third-order valence-corrected chi connectivity index (χ3v) is 4.35. The number of hydrogen-bond acceptors (Lipinski definition) is 2. The van der Waals surface area contributed by atoms with Crippen molar-refractivity contribution in [2.24, 2.45) is 11.8 Å². The molecule has 2 heteroatoms. The molecule has 88 valence electrons. The van der Waals surface area contributed by atoms with Crippen LogP contribution in [0.25, 0.3) is 0 Å². The first kappa shape index (κ1) is 11.4. The van der Waals surface area contributed by atoms with Crippen LogP contribution in [0.3, 0.4) is 0 Å². The van der Waals surface area contributed by atoms with Crippen LogP contribution in [0.5, 0.6) is 0 Å². The van der Waals surface area contributed by atoms with Crippen LogP contribution in [0, 0.1) is 11.8 Å². The average Bonchev–Trinajstić information content (AvgIpc) is 2.89. The van der Waals surface area contributed by atoms with Crippen molar-refractivity contribution in [2.45, 2.75) is 64.0 Å². The van der Waals surface area contributed by atoms with E-state index in [1.807, 2.05) is 6.92 Å². The molecular weight excluding hydrogens is 186 g/mol. The number of nitrogens with one attached hydrogen (secondary N) is 1. The summed E-state index contributed by atoms with van der Waals surface area (Å²) in [7, 11) is 0. The standard InChI is InChI=1S/C13H25NO/c1-10(11-7-8-11)14-9-13(2,15)12-5-3-4-6-12/h10-12,14-15H,3-9H2,1-2H3. The molecule has 2 saturated carbocycles. The topological polar surface area (TPSA) is 32.3 Å². The molecule has 2 fully saturated rings. The van der Waals surface area contributed by atoms with Crippen LogP contribution in [0.4, 0.5) is 0 Å². The van der Waals surface area contributed by atoms with Crippen molar-refractivity contribution in [3.63, 3.8) is 0 Å². The molecule has 2 unspecified atom stereocenters. The molecule has 2 aliphatic rings. The molecule has 2 aliphatic carbocycles. The van der Waals surface area contributed by atoms with Crippen LogP contribution in [-0.2, 0) is 0 Å². The monoisotopic (exact) mass is 211 g/mol. The Morgan fingerprint density at radius 1 is 1.27 bits per heavy atom. The Morgan fingerprint density at radius 3 is 2.40 bits per heavy atom. The molecule has 0 heterocycles. The molecular formula is C13H25NO. The molecule has 0 saturated heterocycles. The number of hydrogen-bond donors (Lipinski definition) is 2. The molecule has 2 N–H and O–H groups in total. The predicted molar refractivity (Wildman–Crippen MR) is 62.8 cm³/mol. The second-order valence-electron chi connectivity index (χ2n) is 5.85. The van der Waals surface area contributed by atoms with Crippen LogP contribution < -0.4 is 5.32 Å². The Morgan fingerprint density at radius 2 is 1.87 bits per heavy atom. The van der Waals surface area contributed by atoms with Crippen molar-refractivity contribution in [1.82, 2.24) is 5.32 Å². The Bertz CT molecular complexity index is 205. The lowest BCUT2D eigenvalue weighted by atomic mass is 9.87. The van der Waals surface area contributed by atoms with Crippen LogP contribution in [0.2, 0.25) is 0 Å². The van der Waals surface area contributed by atoms with E-state index in [1.165, 1.54) is 38.5 Å². The van der Waals surface area contributed by atoms with E-state index in [9.17, 15) is 5.11 Å². The fourth-order valence-electron chi connectivity index (χ4n) is 2.82. The maximum atomic E-state index is 10.4. The third-order valence-electron chi connectivity index (χ3n) is 4.35. The summed E-state index contributed by atoms with van der Waals surface area (Å²) in [6.07, 6.45) is 7.79. The van der Waals surface area contributed by atoms with Gasteiger partial charge in [0, 0.05) is 12.6 Å². The van der Waals surface area contributed by atoms with Crippen LogP contribution in [0.15, 0.2) is 0 Å². The van der Waals surface area contributed by atoms with E-state index in [0.29, 0.717) is 12.0 Å². The molecule has 0 aromatic carbocycles. The van der Waals surface area contributed by atoms with Gasteiger partial charge in [0.25, 0.3) is 0 Å². The summed E-state index contributed by atoms with van der Waals surface area (Å²) >= 11 is 0. The molecule has 2 rings (SSSR count). The van der Waals surface area contributed by atoms with Gasteiger partial charge in [0.2, 0.25) is 0 Å². The van der Waals surface area contributed by atoms with Crippen LogP contribution in [-0.4, -0.2) is 23.3 Å². The average molecular weight is 211 g/mol. The highest BCUT2D eigenvalue weighted by Gasteiger charge is 2.35. The van der Waals surface area contributed by atoms with Gasteiger partial charge in [0.05, 0.1) is 5.60 Å². The molecule has 0 radical (unpaired) electrons. The van der Waals surface area contributed by atoms with Crippen molar-refractivity contribution >= 4 is 0 Å². The molecule has 0 aromatic heterocycles. The lowest BCUT2D eigenvalue weighted by Gasteiger charge is -2.31. The Hall–Kier alpha value is -0.0800. The summed E-state index contributed by atoms with van der Waals surface area (Å²) in [6, 6.07) is 0.595. The van der Waals surface area contributed by atoms with E-state index in [2.05, 4.69) is 12.2 Å². The van der Waals surface area contributed by atoms with Crippen LogP contribution in [0.1, 0.15) is 52.4 Å².